The van der Waals surface area contributed by atoms with Crippen molar-refractivity contribution in [2.75, 3.05) is 6.61 Å². The number of nitrogens with zero attached hydrogens (tertiary/aromatic N) is 3. The number of benzene rings is 1. The maximum atomic E-state index is 11.1. The number of aliphatic hydroxyl groups is 1. The van der Waals surface area contributed by atoms with E-state index in [1.54, 1.807) is 6.33 Å². The highest BCUT2D eigenvalue weighted by atomic mass is 32.2. The largest absolute Gasteiger partial charge is 0.393 e. The highest BCUT2D eigenvalue weighted by Gasteiger charge is 2.36. The molecule has 1 aromatic carbocycles. The average Bonchev–Trinajstić information content (AvgIpc) is 3.43. The third-order valence-corrected chi connectivity index (χ3v) is 7.24. The molecule has 3 aromatic rings. The molecule has 0 spiro atoms. The number of aliphatic hydroxyl groups excluding tert-OH is 1. The Labute approximate surface area is 181 Å². The number of hydrogen-bond acceptors (Lipinski definition) is 6. The zero-order chi connectivity index (χ0) is 21.6. The van der Waals surface area contributed by atoms with E-state index >= 15 is 0 Å². The summed E-state index contributed by atoms with van der Waals surface area (Å²) in [5, 5.41) is 19.8. The molecule has 8 nitrogen and oxygen atoms in total. The van der Waals surface area contributed by atoms with E-state index in [0.717, 1.165) is 36.2 Å². The Hall–Kier alpha value is -2.33. The summed E-state index contributed by atoms with van der Waals surface area (Å²) in [7, 11) is -4.02. The van der Waals surface area contributed by atoms with Crippen LogP contribution in [0.3, 0.4) is 0 Å². The highest BCUT2D eigenvalue weighted by Crippen LogP contribution is 2.40. The van der Waals surface area contributed by atoms with E-state index in [1.807, 2.05) is 16.6 Å². The van der Waals surface area contributed by atoms with Crippen LogP contribution in [-0.4, -0.2) is 40.8 Å². The van der Waals surface area contributed by atoms with Gasteiger partial charge < -0.3 is 5.11 Å². The lowest BCUT2D eigenvalue weighted by atomic mass is 9.96. The number of nitrogens with two attached hydrogens (primary N) is 1. The van der Waals surface area contributed by atoms with Gasteiger partial charge in [-0.2, -0.15) is 13.5 Å². The Bertz CT molecular complexity index is 1210. The summed E-state index contributed by atoms with van der Waals surface area (Å²) in [5.41, 5.74) is 5.86. The van der Waals surface area contributed by atoms with E-state index < -0.39 is 16.4 Å². The van der Waals surface area contributed by atoms with Crippen molar-refractivity contribution in [3.63, 3.8) is 0 Å². The van der Waals surface area contributed by atoms with Crippen molar-refractivity contribution in [2.24, 2.45) is 11.1 Å². The lowest BCUT2D eigenvalue weighted by Gasteiger charge is -2.14. The molecule has 9 heteroatoms. The number of fused-ring (bicyclic) bond motifs is 2. The van der Waals surface area contributed by atoms with Crippen molar-refractivity contribution >= 4 is 15.8 Å². The maximum Gasteiger partial charge on any atom is 0.333 e. The SMILES string of the molecule is NS(=O)(=O)OC[C@@H]1CC(c2ccc3c(C[C@H]4CCc5ccccc54)ncnn23)C[C@@H]1O. The first-order valence-electron chi connectivity index (χ1n) is 10.6. The van der Waals surface area contributed by atoms with Gasteiger partial charge in [0.2, 0.25) is 0 Å². The number of hydrogen-bond donors (Lipinski definition) is 2. The Morgan fingerprint density at radius 1 is 1.19 bits per heavy atom. The molecule has 2 aromatic heterocycles. The van der Waals surface area contributed by atoms with Crippen molar-refractivity contribution in [1.29, 1.82) is 0 Å². The van der Waals surface area contributed by atoms with Crippen molar-refractivity contribution in [3.8, 4) is 0 Å². The van der Waals surface area contributed by atoms with Gasteiger partial charge >= 0.3 is 10.3 Å². The fraction of sp³-hybridized carbons (Fsp3) is 0.455. The quantitative estimate of drug-likeness (QED) is 0.603. The molecule has 2 aliphatic rings. The van der Waals surface area contributed by atoms with Crippen molar-refractivity contribution in [3.05, 3.63) is 65.2 Å². The molecule has 2 heterocycles. The normalized spacial score (nSPS) is 25.9. The molecule has 0 aliphatic heterocycles. The topological polar surface area (TPSA) is 120 Å². The van der Waals surface area contributed by atoms with E-state index in [4.69, 9.17) is 9.32 Å². The number of rotatable bonds is 6. The average molecular weight is 443 g/mol. The summed E-state index contributed by atoms with van der Waals surface area (Å²) >= 11 is 0. The highest BCUT2D eigenvalue weighted by molar-refractivity contribution is 7.84. The summed E-state index contributed by atoms with van der Waals surface area (Å²) in [4.78, 5) is 4.59. The second kappa shape index (κ2) is 7.98. The Morgan fingerprint density at radius 2 is 2.03 bits per heavy atom. The summed E-state index contributed by atoms with van der Waals surface area (Å²) in [6, 6.07) is 12.7. The van der Waals surface area contributed by atoms with Gasteiger partial charge in [-0.1, -0.05) is 24.3 Å². The lowest BCUT2D eigenvalue weighted by Crippen LogP contribution is -2.24. The fourth-order valence-electron chi connectivity index (χ4n) is 5.27. The van der Waals surface area contributed by atoms with E-state index in [2.05, 4.69) is 34.3 Å². The molecule has 1 saturated carbocycles. The van der Waals surface area contributed by atoms with Gasteiger partial charge in [-0.15, -0.1) is 0 Å². The Kier molecular flexibility index (Phi) is 5.29. The molecule has 0 amide bonds. The molecule has 0 saturated heterocycles. The predicted molar refractivity (Wildman–Crippen MR) is 115 cm³/mol. The molecule has 31 heavy (non-hydrogen) atoms. The zero-order valence-electron chi connectivity index (χ0n) is 17.1. The summed E-state index contributed by atoms with van der Waals surface area (Å²) < 4.78 is 28.8. The van der Waals surface area contributed by atoms with Gasteiger partial charge in [-0.3, -0.25) is 4.18 Å². The Balaban J connectivity index is 1.37. The summed E-state index contributed by atoms with van der Waals surface area (Å²) in [6.45, 7) is -0.110. The zero-order valence-corrected chi connectivity index (χ0v) is 17.9. The van der Waals surface area contributed by atoms with Crippen LogP contribution in [-0.2, 0) is 27.3 Å². The minimum absolute atomic E-state index is 0.0570. The fourth-order valence-corrected chi connectivity index (χ4v) is 5.63. The van der Waals surface area contributed by atoms with E-state index in [1.165, 1.54) is 11.1 Å². The monoisotopic (exact) mass is 442 g/mol. The third-order valence-electron chi connectivity index (χ3n) is 6.78. The molecular formula is C22H26N4O4S. The van der Waals surface area contributed by atoms with Crippen LogP contribution in [0.5, 0.6) is 0 Å². The molecule has 5 rings (SSSR count). The summed E-state index contributed by atoms with van der Waals surface area (Å²) in [6.07, 6.45) is 5.19. The molecule has 3 N–H and O–H groups in total. The predicted octanol–water partition coefficient (Wildman–Crippen LogP) is 2.08. The van der Waals surface area contributed by atoms with Crippen molar-refractivity contribution in [2.45, 2.75) is 50.0 Å². The van der Waals surface area contributed by atoms with Crippen LogP contribution in [0.4, 0.5) is 0 Å². The first-order valence-corrected chi connectivity index (χ1v) is 12.1. The van der Waals surface area contributed by atoms with Crippen molar-refractivity contribution < 1.29 is 17.7 Å². The maximum absolute atomic E-state index is 11.1. The smallest absolute Gasteiger partial charge is 0.333 e. The van der Waals surface area contributed by atoms with E-state index in [-0.39, 0.29) is 18.4 Å². The molecule has 164 valence electrons. The van der Waals surface area contributed by atoms with Gasteiger partial charge in [0, 0.05) is 17.5 Å². The van der Waals surface area contributed by atoms with Crippen LogP contribution in [0.25, 0.3) is 5.52 Å². The summed E-state index contributed by atoms with van der Waals surface area (Å²) in [5.74, 6) is 0.230. The first-order chi connectivity index (χ1) is 14.9. The standard InChI is InChI=1S/C22H26N4O4S/c23-31(28,29)30-12-17-9-16(11-22(17)27)20-7-8-21-19(24-13-25-26(20)21)10-15-6-5-14-3-1-2-4-18(14)15/h1-4,7-8,13,15-17,22,27H,5-6,9-12H2,(H2,23,28,29)/t15-,16?,17+,22+/m1/s1. The molecular weight excluding hydrogens is 416 g/mol. The van der Waals surface area contributed by atoms with Gasteiger partial charge in [-0.25, -0.2) is 14.6 Å². The first kappa shape index (κ1) is 20.6. The van der Waals surface area contributed by atoms with Gasteiger partial charge in [0.15, 0.2) is 0 Å². The molecule has 4 atom stereocenters. The number of aryl methyl sites for hydroxylation is 1. The minimum atomic E-state index is -4.02. The third kappa shape index (κ3) is 4.10. The van der Waals surface area contributed by atoms with Crippen LogP contribution in [0.2, 0.25) is 0 Å². The van der Waals surface area contributed by atoms with Gasteiger partial charge in [0.05, 0.1) is 23.9 Å². The molecule has 2 aliphatic carbocycles. The van der Waals surface area contributed by atoms with Crippen LogP contribution < -0.4 is 5.14 Å². The van der Waals surface area contributed by atoms with E-state index in [9.17, 15) is 13.5 Å². The number of aromatic nitrogens is 3. The van der Waals surface area contributed by atoms with Gasteiger partial charge in [-0.05, 0) is 61.3 Å². The van der Waals surface area contributed by atoms with Crippen LogP contribution >= 0.6 is 0 Å². The van der Waals surface area contributed by atoms with Crippen LogP contribution in [0.1, 0.15) is 53.6 Å². The van der Waals surface area contributed by atoms with Crippen LogP contribution in [0, 0.1) is 5.92 Å². The van der Waals surface area contributed by atoms with Crippen molar-refractivity contribution in [1.82, 2.24) is 14.6 Å². The molecule has 1 fully saturated rings. The second-order valence-electron chi connectivity index (χ2n) is 8.67. The van der Waals surface area contributed by atoms with Gasteiger partial charge in [0.1, 0.15) is 6.33 Å². The lowest BCUT2D eigenvalue weighted by molar-refractivity contribution is 0.101. The minimum Gasteiger partial charge on any atom is -0.393 e. The second-order valence-corrected chi connectivity index (χ2v) is 9.89. The Morgan fingerprint density at radius 3 is 2.87 bits per heavy atom. The van der Waals surface area contributed by atoms with Gasteiger partial charge in [0.25, 0.3) is 0 Å². The molecule has 1 unspecified atom stereocenters. The molecule has 0 radical (unpaired) electrons. The molecule has 0 bridgehead atoms. The van der Waals surface area contributed by atoms with Crippen LogP contribution in [0.15, 0.2) is 42.7 Å². The van der Waals surface area contributed by atoms with E-state index in [0.29, 0.717) is 18.8 Å².